The van der Waals surface area contributed by atoms with E-state index in [0.717, 1.165) is 16.5 Å². The minimum atomic E-state index is -0.350. The van der Waals surface area contributed by atoms with Crippen molar-refractivity contribution in [1.82, 2.24) is 10.6 Å². The number of ether oxygens (including phenoxy) is 1. The van der Waals surface area contributed by atoms with E-state index in [-0.39, 0.29) is 11.0 Å². The van der Waals surface area contributed by atoms with E-state index in [9.17, 15) is 4.79 Å². The largest absolute Gasteiger partial charge is 0.493 e. The Kier molecular flexibility index (Phi) is 8.15. The Labute approximate surface area is 176 Å². The molecule has 0 saturated heterocycles. The monoisotopic (exact) mass is 474 g/mol. The molecule has 26 heavy (non-hydrogen) atoms. The summed E-state index contributed by atoms with van der Waals surface area (Å²) < 4.78 is 6.40. The first kappa shape index (κ1) is 21.0. The van der Waals surface area contributed by atoms with Crippen molar-refractivity contribution < 1.29 is 9.53 Å². The lowest BCUT2D eigenvalue weighted by atomic mass is 10.2. The molecule has 0 aliphatic carbocycles. The predicted molar refractivity (Wildman–Crippen MR) is 113 cm³/mol. The van der Waals surface area contributed by atoms with E-state index in [4.69, 9.17) is 40.2 Å². The summed E-state index contributed by atoms with van der Waals surface area (Å²) in [5, 5.41) is 6.89. The van der Waals surface area contributed by atoms with Crippen LogP contribution in [-0.2, 0) is 6.54 Å². The molecule has 2 rings (SSSR count). The van der Waals surface area contributed by atoms with Crippen molar-refractivity contribution in [3.8, 4) is 5.75 Å². The van der Waals surface area contributed by atoms with Crippen LogP contribution in [0.2, 0.25) is 10.0 Å². The van der Waals surface area contributed by atoms with Gasteiger partial charge >= 0.3 is 0 Å². The SMILES string of the molecule is CCCOc1ccc(Br)cc1C(=O)NC(=S)NCc1ccc(Cl)cc1Cl. The van der Waals surface area contributed by atoms with Crippen LogP contribution in [0.3, 0.4) is 0 Å². The van der Waals surface area contributed by atoms with Gasteiger partial charge in [-0.1, -0.05) is 52.1 Å². The normalized spacial score (nSPS) is 10.3. The van der Waals surface area contributed by atoms with Gasteiger partial charge in [0.05, 0.1) is 12.2 Å². The zero-order chi connectivity index (χ0) is 19.1. The number of halogens is 3. The summed E-state index contributed by atoms with van der Waals surface area (Å²) in [6.45, 7) is 2.89. The molecule has 0 atom stereocenters. The summed E-state index contributed by atoms with van der Waals surface area (Å²) in [6, 6.07) is 10.5. The Morgan fingerprint density at radius 1 is 1.23 bits per heavy atom. The summed E-state index contributed by atoms with van der Waals surface area (Å²) in [4.78, 5) is 12.5. The minimum Gasteiger partial charge on any atom is -0.493 e. The number of carbonyl (C=O) groups is 1. The van der Waals surface area contributed by atoms with Crippen molar-refractivity contribution in [2.45, 2.75) is 19.9 Å². The number of nitrogens with one attached hydrogen (secondary N) is 2. The smallest absolute Gasteiger partial charge is 0.261 e. The summed E-state index contributed by atoms with van der Waals surface area (Å²) in [7, 11) is 0. The van der Waals surface area contributed by atoms with Crippen LogP contribution in [0.15, 0.2) is 40.9 Å². The molecule has 2 aromatic carbocycles. The van der Waals surface area contributed by atoms with Crippen LogP contribution >= 0.6 is 51.3 Å². The van der Waals surface area contributed by atoms with Crippen LogP contribution < -0.4 is 15.4 Å². The van der Waals surface area contributed by atoms with E-state index in [1.807, 2.05) is 13.0 Å². The molecule has 2 N–H and O–H groups in total. The number of thiocarbonyl (C=S) groups is 1. The number of benzene rings is 2. The van der Waals surface area contributed by atoms with Gasteiger partial charge in [-0.2, -0.15) is 0 Å². The highest BCUT2D eigenvalue weighted by molar-refractivity contribution is 9.10. The van der Waals surface area contributed by atoms with Crippen LogP contribution in [0.25, 0.3) is 0 Å². The zero-order valence-electron chi connectivity index (χ0n) is 13.9. The molecule has 4 nitrogen and oxygen atoms in total. The number of hydrogen-bond donors (Lipinski definition) is 2. The fraction of sp³-hybridized carbons (Fsp3) is 0.222. The van der Waals surface area contributed by atoms with Crippen molar-refractivity contribution >= 4 is 62.4 Å². The fourth-order valence-electron chi connectivity index (χ4n) is 2.07. The lowest BCUT2D eigenvalue weighted by Gasteiger charge is -2.13. The van der Waals surface area contributed by atoms with Crippen LogP contribution in [0.1, 0.15) is 29.3 Å². The van der Waals surface area contributed by atoms with E-state index in [2.05, 4.69) is 26.6 Å². The molecule has 0 heterocycles. The topological polar surface area (TPSA) is 50.4 Å². The molecule has 1 amide bonds. The number of amides is 1. The van der Waals surface area contributed by atoms with Crippen LogP contribution in [0, 0.1) is 0 Å². The van der Waals surface area contributed by atoms with Gasteiger partial charge in [-0.05, 0) is 54.5 Å². The maximum atomic E-state index is 12.5. The lowest BCUT2D eigenvalue weighted by molar-refractivity contribution is 0.0972. The van der Waals surface area contributed by atoms with Crippen molar-refractivity contribution in [1.29, 1.82) is 0 Å². The first-order chi connectivity index (χ1) is 12.4. The van der Waals surface area contributed by atoms with Crippen molar-refractivity contribution in [2.75, 3.05) is 6.61 Å². The average Bonchev–Trinajstić information content (AvgIpc) is 2.59. The number of carbonyl (C=O) groups excluding carboxylic acids is 1. The van der Waals surface area contributed by atoms with Gasteiger partial charge in [0.25, 0.3) is 5.91 Å². The molecular formula is C18H17BrCl2N2O2S. The summed E-state index contributed by atoms with van der Waals surface area (Å²) in [5.41, 5.74) is 1.23. The Hall–Kier alpha value is -1.34. The molecule has 0 unspecified atom stereocenters. The quantitative estimate of drug-likeness (QED) is 0.553. The van der Waals surface area contributed by atoms with E-state index >= 15 is 0 Å². The van der Waals surface area contributed by atoms with Crippen LogP contribution in [0.4, 0.5) is 0 Å². The van der Waals surface area contributed by atoms with Crippen molar-refractivity contribution in [3.05, 3.63) is 62.0 Å². The molecule has 0 fully saturated rings. The zero-order valence-corrected chi connectivity index (χ0v) is 17.9. The van der Waals surface area contributed by atoms with E-state index in [0.29, 0.717) is 34.5 Å². The highest BCUT2D eigenvalue weighted by Crippen LogP contribution is 2.24. The Balaban J connectivity index is 2.00. The van der Waals surface area contributed by atoms with E-state index in [1.165, 1.54) is 0 Å². The van der Waals surface area contributed by atoms with Gasteiger partial charge in [-0.25, -0.2) is 0 Å². The van der Waals surface area contributed by atoms with Crippen LogP contribution in [-0.4, -0.2) is 17.6 Å². The van der Waals surface area contributed by atoms with Crippen molar-refractivity contribution in [3.63, 3.8) is 0 Å². The van der Waals surface area contributed by atoms with Gasteiger partial charge in [0.15, 0.2) is 5.11 Å². The molecule has 0 saturated carbocycles. The van der Waals surface area contributed by atoms with Gasteiger partial charge in [0, 0.05) is 21.1 Å². The van der Waals surface area contributed by atoms with Gasteiger partial charge in [0.1, 0.15) is 5.75 Å². The molecule has 0 aliphatic heterocycles. The van der Waals surface area contributed by atoms with E-state index in [1.54, 1.807) is 30.3 Å². The third-order valence-electron chi connectivity index (χ3n) is 3.33. The van der Waals surface area contributed by atoms with E-state index < -0.39 is 0 Å². The third kappa shape index (κ3) is 6.13. The number of rotatable bonds is 6. The maximum Gasteiger partial charge on any atom is 0.261 e. The van der Waals surface area contributed by atoms with Gasteiger partial charge in [-0.15, -0.1) is 0 Å². The Morgan fingerprint density at radius 2 is 2.00 bits per heavy atom. The molecule has 2 aromatic rings. The molecule has 0 aromatic heterocycles. The average molecular weight is 476 g/mol. The second-order valence-corrected chi connectivity index (χ2v) is 7.53. The Morgan fingerprint density at radius 3 is 2.69 bits per heavy atom. The minimum absolute atomic E-state index is 0.197. The molecular weight excluding hydrogens is 459 g/mol. The lowest BCUT2D eigenvalue weighted by Crippen LogP contribution is -2.39. The summed E-state index contributed by atoms with van der Waals surface area (Å²) >= 11 is 20.6. The molecule has 138 valence electrons. The first-order valence-corrected chi connectivity index (χ1v) is 9.82. The molecule has 0 radical (unpaired) electrons. The molecule has 0 spiro atoms. The molecule has 8 heteroatoms. The molecule has 0 aliphatic rings. The van der Waals surface area contributed by atoms with Gasteiger partial charge in [-0.3, -0.25) is 10.1 Å². The summed E-state index contributed by atoms with van der Waals surface area (Å²) in [5.74, 6) is 0.160. The van der Waals surface area contributed by atoms with Crippen molar-refractivity contribution in [2.24, 2.45) is 0 Å². The maximum absolute atomic E-state index is 12.5. The standard InChI is InChI=1S/C18H17BrCl2N2O2S/c1-2-7-25-16-6-4-12(19)8-14(16)17(24)23-18(26)22-10-11-3-5-13(20)9-15(11)21/h3-6,8-9H,2,7,10H2,1H3,(H2,22,23,24,26). The Bertz CT molecular complexity index is 818. The third-order valence-corrected chi connectivity index (χ3v) is 4.66. The second kappa shape index (κ2) is 10.1. The highest BCUT2D eigenvalue weighted by atomic mass is 79.9. The number of hydrogen-bond acceptors (Lipinski definition) is 3. The fourth-order valence-corrected chi connectivity index (χ4v) is 3.07. The van der Waals surface area contributed by atoms with Gasteiger partial charge in [0.2, 0.25) is 0 Å². The van der Waals surface area contributed by atoms with Gasteiger partial charge < -0.3 is 10.1 Å². The second-order valence-electron chi connectivity index (χ2n) is 5.36. The highest BCUT2D eigenvalue weighted by Gasteiger charge is 2.15. The predicted octanol–water partition coefficient (Wildman–Crippen LogP) is 5.35. The summed E-state index contributed by atoms with van der Waals surface area (Å²) in [6.07, 6.45) is 0.846. The first-order valence-electron chi connectivity index (χ1n) is 7.86. The van der Waals surface area contributed by atoms with Crippen LogP contribution in [0.5, 0.6) is 5.75 Å². The molecule has 0 bridgehead atoms.